The van der Waals surface area contributed by atoms with Crippen LogP contribution in [0.25, 0.3) is 10.9 Å². The summed E-state index contributed by atoms with van der Waals surface area (Å²) in [5, 5.41) is 19.9. The Morgan fingerprint density at radius 3 is 2.74 bits per heavy atom. The molecule has 0 radical (unpaired) electrons. The van der Waals surface area contributed by atoms with Crippen LogP contribution in [0.3, 0.4) is 0 Å². The molecule has 1 aliphatic rings. The summed E-state index contributed by atoms with van der Waals surface area (Å²) in [5.74, 6) is 1.26. The highest BCUT2D eigenvalue weighted by Crippen LogP contribution is 2.25. The maximum atomic E-state index is 12.7. The van der Waals surface area contributed by atoms with E-state index in [4.69, 9.17) is 4.74 Å². The number of pyridine rings is 1. The molecule has 1 aromatic heterocycles. The van der Waals surface area contributed by atoms with E-state index in [1.807, 2.05) is 18.2 Å². The van der Waals surface area contributed by atoms with Gasteiger partial charge in [0.15, 0.2) is 0 Å². The molecule has 1 aliphatic carbocycles. The lowest BCUT2D eigenvalue weighted by molar-refractivity contribution is -0.134. The highest BCUT2D eigenvalue weighted by Gasteiger charge is 2.22. The van der Waals surface area contributed by atoms with Crippen LogP contribution in [0, 0.1) is 5.92 Å². The zero-order chi connectivity index (χ0) is 22.1. The molecule has 3 N–H and O–H groups in total. The van der Waals surface area contributed by atoms with Gasteiger partial charge in [0.2, 0.25) is 11.5 Å². The van der Waals surface area contributed by atoms with E-state index in [1.165, 1.54) is 25.3 Å². The normalized spacial score (nSPS) is 15.7. The largest absolute Gasteiger partial charge is 0.494 e. The second-order valence-corrected chi connectivity index (χ2v) is 8.52. The van der Waals surface area contributed by atoms with Crippen molar-refractivity contribution in [3.8, 4) is 5.75 Å². The minimum atomic E-state index is -0.890. The number of amides is 1. The first kappa shape index (κ1) is 23.3. The Hall–Kier alpha value is -2.38. The van der Waals surface area contributed by atoms with Crippen molar-refractivity contribution in [1.29, 1.82) is 0 Å². The summed E-state index contributed by atoms with van der Waals surface area (Å²) in [5.41, 5.74) is 0.642. The fourth-order valence-electron chi connectivity index (χ4n) is 4.22. The van der Waals surface area contributed by atoms with E-state index >= 15 is 0 Å². The number of unbranched alkanes of at least 4 members (excludes halogenated alkanes) is 1. The number of carbonyl (C=O) groups excluding carboxylic acids is 1. The standard InChI is InChI=1S/C24H34N2O5/c27-17-20(28)16-26(15-18-6-2-1-3-7-18)24(30)8-4-5-13-31-21-10-11-22-19(14-21)9-12-23(29)25-22/h9-12,14,18,20,27-28H,1-8,13,15-17H2,(H,25,29). The van der Waals surface area contributed by atoms with Crippen LogP contribution in [0.2, 0.25) is 0 Å². The molecule has 170 valence electrons. The lowest BCUT2D eigenvalue weighted by atomic mass is 9.89. The number of aromatic nitrogens is 1. The topological polar surface area (TPSA) is 103 Å². The van der Waals surface area contributed by atoms with E-state index in [9.17, 15) is 19.8 Å². The number of nitrogens with zero attached hydrogens (tertiary/aromatic N) is 1. The average Bonchev–Trinajstić information content (AvgIpc) is 2.78. The first-order chi connectivity index (χ1) is 15.0. The number of nitrogens with one attached hydrogen (secondary N) is 1. The molecule has 31 heavy (non-hydrogen) atoms. The number of carbonyl (C=O) groups is 1. The summed E-state index contributed by atoms with van der Waals surface area (Å²) < 4.78 is 5.80. The van der Waals surface area contributed by atoms with Crippen LogP contribution in [0.15, 0.2) is 35.1 Å². The monoisotopic (exact) mass is 430 g/mol. The van der Waals surface area contributed by atoms with E-state index in [0.29, 0.717) is 31.9 Å². The number of hydrogen-bond donors (Lipinski definition) is 3. The van der Waals surface area contributed by atoms with E-state index < -0.39 is 6.10 Å². The van der Waals surface area contributed by atoms with E-state index in [-0.39, 0.29) is 24.6 Å². The number of hydrogen-bond acceptors (Lipinski definition) is 5. The van der Waals surface area contributed by atoms with E-state index in [2.05, 4.69) is 4.98 Å². The first-order valence-electron chi connectivity index (χ1n) is 11.4. The average molecular weight is 431 g/mol. The van der Waals surface area contributed by atoms with Crippen LogP contribution < -0.4 is 10.3 Å². The molecule has 1 saturated carbocycles. The smallest absolute Gasteiger partial charge is 0.248 e. The first-order valence-corrected chi connectivity index (χ1v) is 11.4. The molecule has 1 aromatic carbocycles. The van der Waals surface area contributed by atoms with Crippen molar-refractivity contribution in [3.63, 3.8) is 0 Å². The van der Waals surface area contributed by atoms with Crippen molar-refractivity contribution in [2.75, 3.05) is 26.3 Å². The molecule has 0 spiro atoms. The van der Waals surface area contributed by atoms with E-state index in [1.54, 1.807) is 11.0 Å². The second kappa shape index (κ2) is 11.9. The zero-order valence-corrected chi connectivity index (χ0v) is 18.1. The zero-order valence-electron chi connectivity index (χ0n) is 18.1. The number of aromatic amines is 1. The van der Waals surface area contributed by atoms with Gasteiger partial charge in [0.1, 0.15) is 5.75 Å². The van der Waals surface area contributed by atoms with Gasteiger partial charge in [-0.15, -0.1) is 0 Å². The fraction of sp³-hybridized carbons (Fsp3) is 0.583. The third kappa shape index (κ3) is 7.36. The Kier molecular flexibility index (Phi) is 8.91. The predicted octanol–water partition coefficient (Wildman–Crippen LogP) is 2.84. The second-order valence-electron chi connectivity index (χ2n) is 8.52. The lowest BCUT2D eigenvalue weighted by Crippen LogP contribution is -2.42. The Labute approximate surface area is 183 Å². The Morgan fingerprint density at radius 1 is 1.16 bits per heavy atom. The van der Waals surface area contributed by atoms with Crippen LogP contribution in [-0.2, 0) is 4.79 Å². The number of benzene rings is 1. The van der Waals surface area contributed by atoms with Crippen molar-refractivity contribution >= 4 is 16.8 Å². The summed E-state index contributed by atoms with van der Waals surface area (Å²) >= 11 is 0. The minimum absolute atomic E-state index is 0.0349. The van der Waals surface area contributed by atoms with Gasteiger partial charge in [-0.25, -0.2) is 0 Å². The number of aliphatic hydroxyl groups excluding tert-OH is 2. The van der Waals surface area contributed by atoms with Crippen molar-refractivity contribution in [3.05, 3.63) is 40.7 Å². The Bertz CT molecular complexity index is 891. The molecule has 0 aliphatic heterocycles. The predicted molar refractivity (Wildman–Crippen MR) is 120 cm³/mol. The van der Waals surface area contributed by atoms with Crippen LogP contribution in [0.4, 0.5) is 0 Å². The molecule has 0 bridgehead atoms. The number of ether oxygens (including phenoxy) is 1. The Morgan fingerprint density at radius 2 is 1.97 bits per heavy atom. The van der Waals surface area contributed by atoms with Gasteiger partial charge < -0.3 is 24.8 Å². The molecule has 0 saturated heterocycles. The van der Waals surface area contributed by atoms with Crippen LogP contribution in [-0.4, -0.2) is 58.4 Å². The van der Waals surface area contributed by atoms with Gasteiger partial charge in [-0.3, -0.25) is 9.59 Å². The maximum Gasteiger partial charge on any atom is 0.248 e. The summed E-state index contributed by atoms with van der Waals surface area (Å²) in [6.45, 7) is 1.04. The van der Waals surface area contributed by atoms with Crippen LogP contribution in [0.1, 0.15) is 51.4 Å². The highest BCUT2D eigenvalue weighted by molar-refractivity contribution is 5.79. The van der Waals surface area contributed by atoms with Gasteiger partial charge in [-0.2, -0.15) is 0 Å². The maximum absolute atomic E-state index is 12.7. The number of fused-ring (bicyclic) bond motifs is 1. The van der Waals surface area contributed by atoms with Crippen molar-refractivity contribution in [1.82, 2.24) is 9.88 Å². The van der Waals surface area contributed by atoms with Crippen LogP contribution >= 0.6 is 0 Å². The van der Waals surface area contributed by atoms with Crippen molar-refractivity contribution in [2.45, 2.75) is 57.5 Å². The summed E-state index contributed by atoms with van der Waals surface area (Å²) in [7, 11) is 0. The third-order valence-electron chi connectivity index (χ3n) is 5.95. The third-order valence-corrected chi connectivity index (χ3v) is 5.95. The quantitative estimate of drug-likeness (QED) is 0.476. The highest BCUT2D eigenvalue weighted by atomic mass is 16.5. The molecule has 1 unspecified atom stereocenters. The minimum Gasteiger partial charge on any atom is -0.494 e. The summed E-state index contributed by atoms with van der Waals surface area (Å²) in [6.07, 6.45) is 6.91. The molecule has 7 nitrogen and oxygen atoms in total. The number of aliphatic hydroxyl groups is 2. The summed E-state index contributed by atoms with van der Waals surface area (Å²) in [4.78, 5) is 28.6. The molecule has 7 heteroatoms. The van der Waals surface area contributed by atoms with Gasteiger partial charge in [-0.05, 0) is 55.9 Å². The SMILES string of the molecule is O=C(CCCCOc1ccc2[nH]c(=O)ccc2c1)N(CC(O)CO)CC1CCCCC1. The number of rotatable bonds is 11. The molecule has 1 fully saturated rings. The van der Waals surface area contributed by atoms with Crippen molar-refractivity contribution < 1.29 is 19.7 Å². The molecule has 2 aromatic rings. The van der Waals surface area contributed by atoms with Crippen molar-refractivity contribution in [2.24, 2.45) is 5.92 Å². The fourth-order valence-corrected chi connectivity index (χ4v) is 4.22. The van der Waals surface area contributed by atoms with E-state index in [0.717, 1.165) is 35.9 Å². The van der Waals surface area contributed by atoms with Gasteiger partial charge >= 0.3 is 0 Å². The number of H-pyrrole nitrogens is 1. The molecule has 1 atom stereocenters. The Balaban J connectivity index is 1.43. The molecule has 1 heterocycles. The molecule has 3 rings (SSSR count). The molecular formula is C24H34N2O5. The van der Waals surface area contributed by atoms with Gasteiger partial charge in [-0.1, -0.05) is 19.3 Å². The van der Waals surface area contributed by atoms with Gasteiger partial charge in [0.05, 0.1) is 19.3 Å². The molecule has 1 amide bonds. The van der Waals surface area contributed by atoms with Gasteiger partial charge in [0, 0.05) is 36.5 Å². The summed E-state index contributed by atoms with van der Waals surface area (Å²) in [6, 6.07) is 8.79. The van der Waals surface area contributed by atoms with Crippen LogP contribution in [0.5, 0.6) is 5.75 Å². The molecular weight excluding hydrogens is 396 g/mol. The lowest BCUT2D eigenvalue weighted by Gasteiger charge is -2.31. The van der Waals surface area contributed by atoms with Gasteiger partial charge in [0.25, 0.3) is 0 Å².